The summed E-state index contributed by atoms with van der Waals surface area (Å²) in [5, 5.41) is 3.35. The Morgan fingerprint density at radius 2 is 1.86 bits per heavy atom. The van der Waals surface area contributed by atoms with Gasteiger partial charge < -0.3 is 14.5 Å². The highest BCUT2D eigenvalue weighted by Gasteiger charge is 2.27. The van der Waals surface area contributed by atoms with Crippen LogP contribution in [0.4, 0.5) is 5.82 Å². The van der Waals surface area contributed by atoms with E-state index in [1.165, 1.54) is 29.8 Å². The number of anilines is 1. The van der Waals surface area contributed by atoms with Crippen LogP contribution in [0.25, 0.3) is 0 Å². The molecule has 1 atom stereocenters. The third kappa shape index (κ3) is 4.80. The molecule has 0 unspecified atom stereocenters. The van der Waals surface area contributed by atoms with Gasteiger partial charge in [0.25, 0.3) is 0 Å². The van der Waals surface area contributed by atoms with E-state index in [0.29, 0.717) is 38.7 Å². The Bertz CT molecular complexity index is 858. The van der Waals surface area contributed by atoms with Gasteiger partial charge in [-0.05, 0) is 50.2 Å². The van der Waals surface area contributed by atoms with Gasteiger partial charge in [0.2, 0.25) is 10.0 Å². The molecule has 2 aromatic heterocycles. The van der Waals surface area contributed by atoms with Crippen molar-refractivity contribution < 1.29 is 17.6 Å². The number of rotatable bonds is 7. The number of piperidine rings is 1. The Hall–Kier alpha value is -1.94. The van der Waals surface area contributed by atoms with Crippen LogP contribution in [-0.2, 0) is 14.8 Å². The number of ether oxygens (including phenoxy) is 1. The van der Waals surface area contributed by atoms with Crippen LogP contribution >= 0.6 is 0 Å². The van der Waals surface area contributed by atoms with Crippen molar-refractivity contribution in [2.45, 2.75) is 30.2 Å². The number of hydrogen-bond donors (Lipinski definition) is 1. The Balaban J connectivity index is 1.42. The van der Waals surface area contributed by atoms with Crippen molar-refractivity contribution in [2.24, 2.45) is 0 Å². The summed E-state index contributed by atoms with van der Waals surface area (Å²) in [6.45, 7) is 4.37. The summed E-state index contributed by atoms with van der Waals surface area (Å²) in [5.74, 6) is 1.59. The van der Waals surface area contributed by atoms with Gasteiger partial charge in [-0.25, -0.2) is 13.4 Å². The molecule has 2 aliphatic rings. The molecule has 2 saturated heterocycles. The number of furan rings is 1. The van der Waals surface area contributed by atoms with Crippen LogP contribution in [0.15, 0.2) is 46.0 Å². The summed E-state index contributed by atoms with van der Waals surface area (Å²) in [4.78, 5) is 6.99. The Labute approximate surface area is 171 Å². The summed E-state index contributed by atoms with van der Waals surface area (Å²) >= 11 is 0. The van der Waals surface area contributed by atoms with Crippen molar-refractivity contribution in [1.82, 2.24) is 14.2 Å². The molecule has 2 aromatic rings. The van der Waals surface area contributed by atoms with Crippen molar-refractivity contribution in [2.75, 3.05) is 51.3 Å². The lowest BCUT2D eigenvalue weighted by Gasteiger charge is -2.33. The topological polar surface area (TPSA) is 87.9 Å². The second-order valence-corrected chi connectivity index (χ2v) is 9.34. The molecule has 29 heavy (non-hydrogen) atoms. The molecule has 0 aliphatic carbocycles. The summed E-state index contributed by atoms with van der Waals surface area (Å²) in [6.07, 6.45) is 6.80. The first-order valence-corrected chi connectivity index (χ1v) is 11.6. The normalized spacial score (nSPS) is 20.4. The van der Waals surface area contributed by atoms with Crippen LogP contribution in [0.3, 0.4) is 0 Å². The molecule has 0 amide bonds. The van der Waals surface area contributed by atoms with E-state index in [4.69, 9.17) is 9.15 Å². The van der Waals surface area contributed by atoms with Crippen LogP contribution in [-0.4, -0.2) is 68.5 Å². The van der Waals surface area contributed by atoms with E-state index in [1.54, 1.807) is 18.4 Å². The van der Waals surface area contributed by atoms with Gasteiger partial charge in [-0.15, -0.1) is 0 Å². The van der Waals surface area contributed by atoms with Gasteiger partial charge in [-0.1, -0.05) is 6.42 Å². The molecule has 9 heteroatoms. The molecule has 0 bridgehead atoms. The quantitative estimate of drug-likeness (QED) is 0.735. The van der Waals surface area contributed by atoms with Crippen LogP contribution in [0.1, 0.15) is 31.1 Å². The standard InChI is InChI=1S/C20H28N4O4S/c25-29(26,24-10-13-27-14-11-24)17-6-7-20(21-15-17)22-16-18(19-5-4-12-28-19)23-8-2-1-3-9-23/h4-7,12,15,18H,1-3,8-11,13-14,16H2,(H,21,22)/t18-/m0/s1. The summed E-state index contributed by atoms with van der Waals surface area (Å²) in [7, 11) is -3.52. The van der Waals surface area contributed by atoms with E-state index in [-0.39, 0.29) is 10.9 Å². The fraction of sp³-hybridized carbons (Fsp3) is 0.550. The van der Waals surface area contributed by atoms with Gasteiger partial charge in [0.05, 0.1) is 25.5 Å². The zero-order valence-corrected chi connectivity index (χ0v) is 17.3. The van der Waals surface area contributed by atoms with Gasteiger partial charge in [0, 0.05) is 25.8 Å². The molecule has 1 N–H and O–H groups in total. The summed E-state index contributed by atoms with van der Waals surface area (Å²) < 4.78 is 37.8. The van der Waals surface area contributed by atoms with Gasteiger partial charge >= 0.3 is 0 Å². The smallest absolute Gasteiger partial charge is 0.244 e. The van der Waals surface area contributed by atoms with Crippen molar-refractivity contribution in [3.63, 3.8) is 0 Å². The first-order valence-electron chi connectivity index (χ1n) is 10.2. The SMILES string of the molecule is O=S(=O)(c1ccc(NC[C@@H](c2ccco2)N2CCCCC2)nc1)N1CCOCC1. The Morgan fingerprint density at radius 3 is 2.52 bits per heavy atom. The highest BCUT2D eigenvalue weighted by atomic mass is 32.2. The van der Waals surface area contributed by atoms with Crippen molar-refractivity contribution in [3.05, 3.63) is 42.5 Å². The molecule has 2 aliphatic heterocycles. The Kier molecular flexibility index (Phi) is 6.49. The largest absolute Gasteiger partial charge is 0.468 e. The molecular weight excluding hydrogens is 392 g/mol. The third-order valence-electron chi connectivity index (χ3n) is 5.52. The lowest BCUT2D eigenvalue weighted by atomic mass is 10.1. The monoisotopic (exact) mass is 420 g/mol. The second kappa shape index (κ2) is 9.25. The first-order chi connectivity index (χ1) is 14.1. The van der Waals surface area contributed by atoms with Crippen molar-refractivity contribution in [1.29, 1.82) is 0 Å². The highest BCUT2D eigenvalue weighted by Crippen LogP contribution is 2.26. The van der Waals surface area contributed by atoms with E-state index in [9.17, 15) is 8.42 Å². The van der Waals surface area contributed by atoms with Gasteiger partial charge in [0.1, 0.15) is 16.5 Å². The van der Waals surface area contributed by atoms with E-state index in [0.717, 1.165) is 18.8 Å². The van der Waals surface area contributed by atoms with Gasteiger partial charge in [-0.3, -0.25) is 4.90 Å². The summed E-state index contributed by atoms with van der Waals surface area (Å²) in [5.41, 5.74) is 0. The van der Waals surface area contributed by atoms with E-state index < -0.39 is 10.0 Å². The molecule has 158 valence electrons. The molecule has 0 spiro atoms. The van der Waals surface area contributed by atoms with E-state index in [1.807, 2.05) is 12.1 Å². The maximum atomic E-state index is 12.7. The number of likely N-dealkylation sites (tertiary alicyclic amines) is 1. The van der Waals surface area contributed by atoms with Crippen LogP contribution in [0.5, 0.6) is 0 Å². The molecule has 8 nitrogen and oxygen atoms in total. The zero-order chi connectivity index (χ0) is 20.1. The molecule has 0 radical (unpaired) electrons. The predicted molar refractivity (Wildman–Crippen MR) is 109 cm³/mol. The molecule has 4 rings (SSSR count). The maximum Gasteiger partial charge on any atom is 0.244 e. The average Bonchev–Trinajstić information content (AvgIpc) is 3.30. The minimum atomic E-state index is -3.52. The Morgan fingerprint density at radius 1 is 1.07 bits per heavy atom. The number of nitrogens with one attached hydrogen (secondary N) is 1. The maximum absolute atomic E-state index is 12.7. The third-order valence-corrected chi connectivity index (χ3v) is 7.41. The fourth-order valence-electron chi connectivity index (χ4n) is 3.90. The first kappa shape index (κ1) is 20.3. The van der Waals surface area contributed by atoms with Crippen molar-refractivity contribution >= 4 is 15.8 Å². The van der Waals surface area contributed by atoms with Crippen molar-refractivity contribution in [3.8, 4) is 0 Å². The minimum Gasteiger partial charge on any atom is -0.468 e. The number of sulfonamides is 1. The number of hydrogen-bond acceptors (Lipinski definition) is 7. The van der Waals surface area contributed by atoms with Crippen LogP contribution in [0.2, 0.25) is 0 Å². The number of aromatic nitrogens is 1. The zero-order valence-electron chi connectivity index (χ0n) is 16.5. The molecule has 2 fully saturated rings. The number of pyridine rings is 1. The predicted octanol–water partition coefficient (Wildman–Crippen LogP) is 2.33. The number of nitrogens with zero attached hydrogens (tertiary/aromatic N) is 3. The van der Waals surface area contributed by atoms with E-state index >= 15 is 0 Å². The molecule has 4 heterocycles. The summed E-state index contributed by atoms with van der Waals surface area (Å²) in [6, 6.07) is 7.39. The molecule has 0 aromatic carbocycles. The highest BCUT2D eigenvalue weighted by molar-refractivity contribution is 7.89. The van der Waals surface area contributed by atoms with Gasteiger partial charge in [0.15, 0.2) is 0 Å². The number of morpholine rings is 1. The molecular formula is C20H28N4O4S. The lowest BCUT2D eigenvalue weighted by Crippen LogP contribution is -2.40. The van der Waals surface area contributed by atoms with Gasteiger partial charge in [-0.2, -0.15) is 4.31 Å². The fourth-order valence-corrected chi connectivity index (χ4v) is 5.25. The van der Waals surface area contributed by atoms with E-state index in [2.05, 4.69) is 15.2 Å². The van der Waals surface area contributed by atoms with Crippen LogP contribution in [0, 0.1) is 0 Å². The molecule has 0 saturated carbocycles. The minimum absolute atomic E-state index is 0.129. The second-order valence-electron chi connectivity index (χ2n) is 7.40. The average molecular weight is 421 g/mol. The lowest BCUT2D eigenvalue weighted by molar-refractivity contribution is 0.0730. The van der Waals surface area contributed by atoms with Crippen LogP contribution < -0.4 is 5.32 Å².